The molecule has 1 aliphatic rings. The molecule has 7 nitrogen and oxygen atoms in total. The molecule has 4 N–H and O–H groups in total. The highest BCUT2D eigenvalue weighted by molar-refractivity contribution is 5.99. The molecule has 36 heavy (non-hydrogen) atoms. The maximum absolute atomic E-state index is 12.9. The van der Waals surface area contributed by atoms with Crippen LogP contribution in [-0.4, -0.2) is 28.8 Å². The molecular weight excluding hydrogens is 450 g/mol. The Morgan fingerprint density at radius 3 is 2.53 bits per heavy atom. The number of aryl methyl sites for hydroxylation is 2. The molecule has 0 saturated heterocycles. The molecule has 1 aliphatic carbocycles. The quantitative estimate of drug-likeness (QED) is 0.335. The highest BCUT2D eigenvalue weighted by Gasteiger charge is 2.19. The molecule has 2 heterocycles. The molecule has 2 aromatic carbocycles. The van der Waals surface area contributed by atoms with Gasteiger partial charge in [-0.2, -0.15) is 0 Å². The minimum Gasteiger partial charge on any atom is -0.398 e. The predicted octanol–water partition coefficient (Wildman–Crippen LogP) is 5.39. The van der Waals surface area contributed by atoms with Crippen molar-refractivity contribution in [2.45, 2.75) is 53.0 Å². The van der Waals surface area contributed by atoms with E-state index in [9.17, 15) is 4.79 Å². The van der Waals surface area contributed by atoms with E-state index in [1.165, 1.54) is 41.9 Å². The molecule has 1 amide bonds. The Bertz CT molecular complexity index is 1370. The van der Waals surface area contributed by atoms with E-state index in [1.807, 2.05) is 51.2 Å². The Morgan fingerprint density at radius 2 is 1.81 bits per heavy atom. The number of fused-ring (bicyclic) bond motifs is 4. The van der Waals surface area contributed by atoms with Crippen molar-refractivity contribution in [1.82, 2.24) is 14.9 Å². The predicted molar refractivity (Wildman–Crippen MR) is 150 cm³/mol. The summed E-state index contributed by atoms with van der Waals surface area (Å²) < 4.78 is 2.29. The lowest BCUT2D eigenvalue weighted by atomic mass is 9.95. The Kier molecular flexibility index (Phi) is 9.06. The second-order valence-electron chi connectivity index (χ2n) is 8.54. The molecule has 4 aromatic rings. The summed E-state index contributed by atoms with van der Waals surface area (Å²) in [6.45, 7) is 5.88. The van der Waals surface area contributed by atoms with Crippen molar-refractivity contribution < 1.29 is 9.59 Å². The van der Waals surface area contributed by atoms with Gasteiger partial charge in [0.2, 0.25) is 0 Å². The van der Waals surface area contributed by atoms with Gasteiger partial charge in [0.25, 0.3) is 5.91 Å². The number of carbonyl (C=O) groups is 2. The Hall–Kier alpha value is -3.87. The van der Waals surface area contributed by atoms with E-state index in [2.05, 4.69) is 39.4 Å². The second-order valence-corrected chi connectivity index (χ2v) is 8.54. The number of anilines is 2. The van der Waals surface area contributed by atoms with Crippen LogP contribution in [0.1, 0.15) is 60.8 Å². The number of nitrogens with zero attached hydrogens (tertiary/aromatic N) is 2. The first-order chi connectivity index (χ1) is 17.5. The molecule has 0 spiro atoms. The van der Waals surface area contributed by atoms with Crippen LogP contribution < -0.4 is 16.4 Å². The number of hydrogen-bond acceptors (Lipinski definition) is 5. The molecule has 7 heteroatoms. The van der Waals surface area contributed by atoms with Gasteiger partial charge in [-0.05, 0) is 74.1 Å². The number of carbonyl (C=O) groups excluding carboxylic acids is 2. The van der Waals surface area contributed by atoms with Crippen molar-refractivity contribution in [2.75, 3.05) is 18.1 Å². The molecular formula is C29H37N5O2. The van der Waals surface area contributed by atoms with Gasteiger partial charge in [-0.3, -0.25) is 4.79 Å². The van der Waals surface area contributed by atoms with Crippen molar-refractivity contribution in [1.29, 1.82) is 0 Å². The molecule has 190 valence electrons. The Balaban J connectivity index is 0.000000674. The zero-order valence-corrected chi connectivity index (χ0v) is 21.9. The Labute approximate surface area is 213 Å². The summed E-state index contributed by atoms with van der Waals surface area (Å²) in [5, 5.41) is 8.18. The molecule has 0 saturated carbocycles. The minimum absolute atomic E-state index is 0.0629. The number of nitrogen functional groups attached to an aromatic ring is 1. The molecule has 0 atom stereocenters. The van der Waals surface area contributed by atoms with Gasteiger partial charge in [0.1, 0.15) is 12.1 Å². The lowest BCUT2D eigenvalue weighted by molar-refractivity contribution is -0.106. The average molecular weight is 488 g/mol. The van der Waals surface area contributed by atoms with Crippen molar-refractivity contribution >= 4 is 45.5 Å². The maximum Gasteiger partial charge on any atom is 0.251 e. The van der Waals surface area contributed by atoms with Crippen LogP contribution in [0.2, 0.25) is 0 Å². The van der Waals surface area contributed by atoms with Crippen LogP contribution >= 0.6 is 0 Å². The van der Waals surface area contributed by atoms with Gasteiger partial charge in [0.05, 0.1) is 5.52 Å². The van der Waals surface area contributed by atoms with Crippen LogP contribution in [0.5, 0.6) is 0 Å². The average Bonchev–Trinajstić information content (AvgIpc) is 3.20. The SMILES string of the molecule is CC.CC=O.CNc1cc(N)c2cc(CNC(=O)c3ccc4c(c3)c3c(n4C)CCCC3)ccc2n1. The summed E-state index contributed by atoms with van der Waals surface area (Å²) in [4.78, 5) is 26.2. The molecule has 0 radical (unpaired) electrons. The topological polar surface area (TPSA) is 102 Å². The third-order valence-electron chi connectivity index (χ3n) is 6.40. The van der Waals surface area contributed by atoms with Gasteiger partial charge >= 0.3 is 0 Å². The summed E-state index contributed by atoms with van der Waals surface area (Å²) in [6.07, 6.45) is 5.43. The summed E-state index contributed by atoms with van der Waals surface area (Å²) in [5.41, 5.74) is 13.4. The standard InChI is InChI=1S/C25H27N5O.C2H4O.C2H6/c1-27-24-13-20(26)19-11-15(7-9-21(19)29-24)14-28-25(31)16-8-10-23-18(12-16)17-5-3-4-6-22(17)30(23)2;1-2-3;1-2/h7-13H,3-6,14H2,1-2H3,(H,28,31)(H3,26,27,29);2H,1H3;1-2H3. The number of aldehydes is 1. The molecule has 5 rings (SSSR count). The Morgan fingerprint density at radius 1 is 1.08 bits per heavy atom. The molecule has 2 aromatic heterocycles. The van der Waals surface area contributed by atoms with Gasteiger partial charge < -0.3 is 25.7 Å². The van der Waals surface area contributed by atoms with Crippen molar-refractivity contribution in [3.63, 3.8) is 0 Å². The monoisotopic (exact) mass is 487 g/mol. The highest BCUT2D eigenvalue weighted by atomic mass is 16.1. The fourth-order valence-corrected chi connectivity index (χ4v) is 4.73. The largest absolute Gasteiger partial charge is 0.398 e. The van der Waals surface area contributed by atoms with Crippen molar-refractivity contribution in [2.24, 2.45) is 7.05 Å². The highest BCUT2D eigenvalue weighted by Crippen LogP contribution is 2.32. The van der Waals surface area contributed by atoms with E-state index < -0.39 is 0 Å². The van der Waals surface area contributed by atoms with E-state index in [-0.39, 0.29) is 5.91 Å². The first kappa shape index (κ1) is 26.7. The first-order valence-corrected chi connectivity index (χ1v) is 12.6. The fourth-order valence-electron chi connectivity index (χ4n) is 4.73. The van der Waals surface area contributed by atoms with Gasteiger partial charge in [0, 0.05) is 59.9 Å². The fraction of sp³-hybridized carbons (Fsp3) is 0.345. The summed E-state index contributed by atoms with van der Waals surface area (Å²) >= 11 is 0. The van der Waals surface area contributed by atoms with Gasteiger partial charge in [-0.15, -0.1) is 0 Å². The van der Waals surface area contributed by atoms with E-state index in [1.54, 1.807) is 0 Å². The number of amides is 1. The van der Waals surface area contributed by atoms with Crippen LogP contribution in [0, 0.1) is 0 Å². The summed E-state index contributed by atoms with van der Waals surface area (Å²) in [6, 6.07) is 13.8. The van der Waals surface area contributed by atoms with Gasteiger partial charge in [-0.1, -0.05) is 19.9 Å². The second kappa shape index (κ2) is 12.2. The van der Waals surface area contributed by atoms with E-state index in [0.717, 1.165) is 41.4 Å². The number of nitrogens with one attached hydrogen (secondary N) is 2. The number of rotatable bonds is 4. The van der Waals surface area contributed by atoms with Crippen LogP contribution in [0.4, 0.5) is 11.5 Å². The van der Waals surface area contributed by atoms with Gasteiger partial charge in [-0.25, -0.2) is 4.98 Å². The molecule has 0 fully saturated rings. The smallest absolute Gasteiger partial charge is 0.251 e. The molecule has 0 aliphatic heterocycles. The third-order valence-corrected chi connectivity index (χ3v) is 6.40. The maximum atomic E-state index is 12.9. The normalized spacial score (nSPS) is 12.0. The third kappa shape index (κ3) is 5.51. The summed E-state index contributed by atoms with van der Waals surface area (Å²) in [7, 11) is 3.95. The minimum atomic E-state index is -0.0629. The van der Waals surface area contributed by atoms with Crippen LogP contribution in [0.25, 0.3) is 21.8 Å². The zero-order valence-electron chi connectivity index (χ0n) is 21.9. The lowest BCUT2D eigenvalue weighted by Gasteiger charge is -2.13. The van der Waals surface area contributed by atoms with E-state index in [4.69, 9.17) is 10.5 Å². The van der Waals surface area contributed by atoms with Crippen molar-refractivity contribution in [3.8, 4) is 0 Å². The molecule has 0 unspecified atom stereocenters. The van der Waals surface area contributed by atoms with Crippen LogP contribution in [-0.2, 0) is 31.2 Å². The molecule has 0 bridgehead atoms. The number of nitrogens with two attached hydrogens (primary N) is 1. The van der Waals surface area contributed by atoms with Gasteiger partial charge in [0.15, 0.2) is 0 Å². The van der Waals surface area contributed by atoms with E-state index in [0.29, 0.717) is 17.8 Å². The number of hydrogen-bond donors (Lipinski definition) is 3. The lowest BCUT2D eigenvalue weighted by Crippen LogP contribution is -2.22. The number of benzene rings is 2. The summed E-state index contributed by atoms with van der Waals surface area (Å²) in [5.74, 6) is 0.677. The van der Waals surface area contributed by atoms with Crippen LogP contribution in [0.3, 0.4) is 0 Å². The van der Waals surface area contributed by atoms with E-state index >= 15 is 0 Å². The number of pyridine rings is 1. The number of aromatic nitrogens is 2. The van der Waals surface area contributed by atoms with Crippen LogP contribution in [0.15, 0.2) is 42.5 Å². The zero-order chi connectivity index (χ0) is 26.2. The van der Waals surface area contributed by atoms with Crippen molar-refractivity contribution in [3.05, 3.63) is 64.8 Å². The first-order valence-electron chi connectivity index (χ1n) is 12.6.